The third kappa shape index (κ3) is 3.76. The van der Waals surface area contributed by atoms with E-state index in [1.165, 1.54) is 18.4 Å². The van der Waals surface area contributed by atoms with Gasteiger partial charge in [-0.05, 0) is 29.0 Å². The smallest absolute Gasteiger partial charge is 0.350 e. The Morgan fingerprint density at radius 3 is 2.69 bits per heavy atom. The van der Waals surface area contributed by atoms with E-state index in [0.29, 0.717) is 23.5 Å². The molecule has 0 spiro atoms. The van der Waals surface area contributed by atoms with Gasteiger partial charge in [0.1, 0.15) is 4.88 Å². The fourth-order valence-corrected chi connectivity index (χ4v) is 3.82. The molecule has 2 amide bonds. The number of nitrogens with two attached hydrogens (primary N) is 1. The largest absolute Gasteiger partial charge is 0.465 e. The average molecular weight is 373 g/mol. The second-order valence-electron chi connectivity index (χ2n) is 6.00. The molecule has 136 valence electrons. The van der Waals surface area contributed by atoms with Crippen LogP contribution in [0.3, 0.4) is 0 Å². The van der Waals surface area contributed by atoms with E-state index < -0.39 is 17.9 Å². The summed E-state index contributed by atoms with van der Waals surface area (Å²) in [6.45, 7) is 0.461. The summed E-state index contributed by atoms with van der Waals surface area (Å²) in [5, 5.41) is 4.41. The number of carbonyl (C=O) groups is 3. The van der Waals surface area contributed by atoms with Crippen molar-refractivity contribution in [1.82, 2.24) is 4.90 Å². The summed E-state index contributed by atoms with van der Waals surface area (Å²) in [5.74, 6) is -1.28. The number of rotatable bonds is 5. The van der Waals surface area contributed by atoms with Crippen molar-refractivity contribution in [2.24, 2.45) is 5.73 Å². The van der Waals surface area contributed by atoms with Crippen LogP contribution in [0, 0.1) is 0 Å². The Balaban J connectivity index is 1.73. The predicted octanol–water partition coefficient (Wildman–Crippen LogP) is 1.39. The zero-order valence-electron chi connectivity index (χ0n) is 14.2. The molecule has 0 radical (unpaired) electrons. The van der Waals surface area contributed by atoms with E-state index >= 15 is 0 Å². The van der Waals surface area contributed by atoms with Crippen molar-refractivity contribution in [3.63, 3.8) is 0 Å². The molecule has 0 saturated carbocycles. The molecule has 0 aliphatic carbocycles. The number of primary amides is 1. The van der Waals surface area contributed by atoms with Gasteiger partial charge >= 0.3 is 5.97 Å². The maximum Gasteiger partial charge on any atom is 0.350 e. The number of anilines is 1. The third-order valence-corrected chi connectivity index (χ3v) is 5.23. The normalized spacial score (nSPS) is 16.6. The number of hydrogen-bond donors (Lipinski definition) is 2. The molecule has 7 nitrogen and oxygen atoms in total. The monoisotopic (exact) mass is 373 g/mol. The van der Waals surface area contributed by atoms with Crippen LogP contribution in [0.2, 0.25) is 0 Å². The van der Waals surface area contributed by atoms with Crippen molar-refractivity contribution in [2.45, 2.75) is 19.0 Å². The van der Waals surface area contributed by atoms with Crippen molar-refractivity contribution in [3.05, 3.63) is 51.7 Å². The molecule has 0 fully saturated rings. The number of fused-ring (bicyclic) bond motifs is 1. The minimum absolute atomic E-state index is 0.00159. The Morgan fingerprint density at radius 1 is 1.27 bits per heavy atom. The Bertz CT molecular complexity index is 848. The number of nitrogens with one attached hydrogen (secondary N) is 1. The molecule has 3 rings (SSSR count). The number of ether oxygens (including phenoxy) is 1. The Kier molecular flexibility index (Phi) is 5.34. The summed E-state index contributed by atoms with van der Waals surface area (Å²) in [6.07, 6.45) is 0.477. The van der Waals surface area contributed by atoms with E-state index in [1.807, 2.05) is 24.3 Å². The van der Waals surface area contributed by atoms with E-state index in [2.05, 4.69) is 5.32 Å². The summed E-state index contributed by atoms with van der Waals surface area (Å²) in [7, 11) is 1.29. The predicted molar refractivity (Wildman–Crippen MR) is 97.8 cm³/mol. The van der Waals surface area contributed by atoms with Gasteiger partial charge in [-0.15, -0.1) is 11.3 Å². The first-order chi connectivity index (χ1) is 12.5. The molecule has 1 aromatic heterocycles. The number of hydrogen-bond acceptors (Lipinski definition) is 6. The first-order valence-electron chi connectivity index (χ1n) is 8.05. The van der Waals surface area contributed by atoms with Crippen molar-refractivity contribution in [3.8, 4) is 0 Å². The molecular weight excluding hydrogens is 354 g/mol. The van der Waals surface area contributed by atoms with E-state index in [9.17, 15) is 14.4 Å². The average Bonchev–Trinajstić information content (AvgIpc) is 3.08. The lowest BCUT2D eigenvalue weighted by molar-refractivity contribution is -0.125. The lowest BCUT2D eigenvalue weighted by atomic mass is 9.93. The number of benzene rings is 1. The molecule has 1 atom stereocenters. The van der Waals surface area contributed by atoms with Gasteiger partial charge < -0.3 is 15.8 Å². The van der Waals surface area contributed by atoms with Crippen molar-refractivity contribution in [1.29, 1.82) is 0 Å². The second-order valence-corrected chi connectivity index (χ2v) is 6.92. The topological polar surface area (TPSA) is 102 Å². The van der Waals surface area contributed by atoms with Crippen LogP contribution in [0.25, 0.3) is 0 Å². The van der Waals surface area contributed by atoms with E-state index in [1.54, 1.807) is 16.3 Å². The highest BCUT2D eigenvalue weighted by molar-refractivity contribution is 7.12. The fourth-order valence-electron chi connectivity index (χ4n) is 3.06. The fraction of sp³-hybridized carbons (Fsp3) is 0.278. The highest BCUT2D eigenvalue weighted by Crippen LogP contribution is 2.25. The molecular formula is C18H19N3O4S. The quantitative estimate of drug-likeness (QED) is 0.771. The number of esters is 1. The Morgan fingerprint density at radius 2 is 2.00 bits per heavy atom. The van der Waals surface area contributed by atoms with Crippen molar-refractivity contribution < 1.29 is 19.1 Å². The molecule has 0 bridgehead atoms. The molecule has 1 aromatic carbocycles. The lowest BCUT2D eigenvalue weighted by Crippen LogP contribution is -2.50. The van der Waals surface area contributed by atoms with Crippen molar-refractivity contribution >= 4 is 34.8 Å². The van der Waals surface area contributed by atoms with E-state index in [0.717, 1.165) is 11.1 Å². The summed E-state index contributed by atoms with van der Waals surface area (Å²) in [6, 6.07) is 8.90. The van der Waals surface area contributed by atoms with Crippen LogP contribution < -0.4 is 11.1 Å². The maximum absolute atomic E-state index is 12.5. The van der Waals surface area contributed by atoms with Crippen LogP contribution in [0.15, 0.2) is 35.7 Å². The number of methoxy groups -OCH3 is 1. The van der Waals surface area contributed by atoms with Gasteiger partial charge in [0.25, 0.3) is 0 Å². The van der Waals surface area contributed by atoms with Crippen LogP contribution in [0.1, 0.15) is 20.8 Å². The third-order valence-electron chi connectivity index (χ3n) is 4.33. The minimum Gasteiger partial charge on any atom is -0.465 e. The Hall–Kier alpha value is -2.71. The highest BCUT2D eigenvalue weighted by atomic mass is 32.1. The summed E-state index contributed by atoms with van der Waals surface area (Å²) in [5.41, 5.74) is 8.08. The van der Waals surface area contributed by atoms with Gasteiger partial charge in [-0.3, -0.25) is 14.5 Å². The second kappa shape index (κ2) is 7.67. The molecule has 0 saturated heterocycles. The van der Waals surface area contributed by atoms with Crippen LogP contribution in [0.4, 0.5) is 5.69 Å². The van der Waals surface area contributed by atoms with Gasteiger partial charge in [0.05, 0.1) is 25.4 Å². The minimum atomic E-state index is -0.543. The zero-order chi connectivity index (χ0) is 18.7. The molecule has 2 aromatic rings. The van der Waals surface area contributed by atoms with Crippen molar-refractivity contribution in [2.75, 3.05) is 19.0 Å². The summed E-state index contributed by atoms with van der Waals surface area (Å²) >= 11 is 1.19. The SMILES string of the molecule is COC(=O)c1sccc1NC(=O)CN1Cc2ccccc2CC1C(N)=O. The van der Waals surface area contributed by atoms with E-state index in [4.69, 9.17) is 10.5 Å². The van der Waals surface area contributed by atoms with Gasteiger partial charge in [-0.2, -0.15) is 0 Å². The van der Waals surface area contributed by atoms with Crippen LogP contribution >= 0.6 is 11.3 Å². The highest BCUT2D eigenvalue weighted by Gasteiger charge is 2.31. The van der Waals surface area contributed by atoms with Crippen LogP contribution in [-0.2, 0) is 27.3 Å². The van der Waals surface area contributed by atoms with Gasteiger partial charge in [-0.1, -0.05) is 24.3 Å². The summed E-state index contributed by atoms with van der Waals surface area (Å²) in [4.78, 5) is 38.1. The zero-order valence-corrected chi connectivity index (χ0v) is 15.0. The van der Waals surface area contributed by atoms with Gasteiger partial charge in [0.15, 0.2) is 0 Å². The molecule has 8 heteroatoms. The van der Waals surface area contributed by atoms with Gasteiger partial charge in [0.2, 0.25) is 11.8 Å². The Labute approximate surface area is 154 Å². The summed E-state index contributed by atoms with van der Waals surface area (Å²) < 4.78 is 4.70. The van der Waals surface area contributed by atoms with Crippen LogP contribution in [0.5, 0.6) is 0 Å². The number of nitrogens with zero attached hydrogens (tertiary/aromatic N) is 1. The molecule has 1 aliphatic rings. The molecule has 26 heavy (non-hydrogen) atoms. The number of carbonyl (C=O) groups excluding carboxylic acids is 3. The van der Waals surface area contributed by atoms with Gasteiger partial charge in [-0.25, -0.2) is 4.79 Å². The van der Waals surface area contributed by atoms with Crippen LogP contribution in [-0.4, -0.2) is 42.4 Å². The molecule has 1 unspecified atom stereocenters. The lowest BCUT2D eigenvalue weighted by Gasteiger charge is -2.34. The molecule has 1 aliphatic heterocycles. The number of thiophene rings is 1. The maximum atomic E-state index is 12.5. The first-order valence-corrected chi connectivity index (χ1v) is 8.93. The first kappa shape index (κ1) is 18.1. The molecule has 2 heterocycles. The number of amides is 2. The molecule has 3 N–H and O–H groups in total. The van der Waals surface area contributed by atoms with Gasteiger partial charge in [0, 0.05) is 6.54 Å². The standard InChI is InChI=1S/C18H19N3O4S/c1-25-18(24)16-13(6-7-26-16)20-15(22)10-21-9-12-5-3-2-4-11(12)8-14(21)17(19)23/h2-7,14H,8-10H2,1H3,(H2,19,23)(H,20,22). The van der Waals surface area contributed by atoms with E-state index in [-0.39, 0.29) is 12.5 Å².